The molecule has 1 amide bonds. The average molecular weight is 233 g/mol. The van der Waals surface area contributed by atoms with Crippen LogP contribution >= 0.6 is 0 Å². The Kier molecular flexibility index (Phi) is 3.39. The van der Waals surface area contributed by atoms with E-state index in [0.29, 0.717) is 18.7 Å². The molecule has 3 N–H and O–H groups in total. The van der Waals surface area contributed by atoms with Crippen LogP contribution in [0.4, 0.5) is 0 Å². The lowest BCUT2D eigenvalue weighted by molar-refractivity contribution is 0.0942. The van der Waals surface area contributed by atoms with Crippen molar-refractivity contribution in [1.82, 2.24) is 15.5 Å². The normalized spacial score (nSPS) is 12.6. The molecule has 2 rings (SSSR count). The number of aliphatic hydroxyl groups is 1. The molecule has 0 radical (unpaired) electrons. The zero-order valence-electron chi connectivity index (χ0n) is 9.60. The Hall–Kier alpha value is -1.88. The van der Waals surface area contributed by atoms with Crippen molar-refractivity contribution >= 4 is 16.8 Å². The number of aliphatic hydroxyl groups excluding tert-OH is 1. The van der Waals surface area contributed by atoms with Gasteiger partial charge in [-0.05, 0) is 19.4 Å². The number of aromatic amines is 1. The van der Waals surface area contributed by atoms with E-state index in [2.05, 4.69) is 15.5 Å². The molecule has 0 saturated heterocycles. The average Bonchev–Trinajstić information content (AvgIpc) is 2.72. The molecule has 5 nitrogen and oxygen atoms in total. The van der Waals surface area contributed by atoms with Crippen LogP contribution in [0.15, 0.2) is 24.3 Å². The highest BCUT2D eigenvalue weighted by atomic mass is 16.3. The second-order valence-corrected chi connectivity index (χ2v) is 4.01. The second-order valence-electron chi connectivity index (χ2n) is 4.01. The first-order valence-corrected chi connectivity index (χ1v) is 5.58. The van der Waals surface area contributed by atoms with Crippen molar-refractivity contribution in [2.45, 2.75) is 19.4 Å². The van der Waals surface area contributed by atoms with E-state index in [9.17, 15) is 4.79 Å². The first-order valence-electron chi connectivity index (χ1n) is 5.58. The molecule has 1 atom stereocenters. The van der Waals surface area contributed by atoms with Gasteiger partial charge in [0.05, 0.1) is 11.6 Å². The Bertz CT molecular complexity index is 519. The minimum absolute atomic E-state index is 0.219. The van der Waals surface area contributed by atoms with Crippen LogP contribution in [0.3, 0.4) is 0 Å². The van der Waals surface area contributed by atoms with Crippen LogP contribution in [-0.2, 0) is 0 Å². The van der Waals surface area contributed by atoms with Crippen LogP contribution in [0.25, 0.3) is 10.9 Å². The topological polar surface area (TPSA) is 78.0 Å². The maximum atomic E-state index is 11.8. The SMILES string of the molecule is CC(O)CCNC(=O)c1n[nH]c2ccccc12. The number of aromatic nitrogens is 2. The maximum absolute atomic E-state index is 11.8. The van der Waals surface area contributed by atoms with E-state index >= 15 is 0 Å². The van der Waals surface area contributed by atoms with E-state index in [-0.39, 0.29) is 5.91 Å². The maximum Gasteiger partial charge on any atom is 0.272 e. The molecule has 1 aromatic carbocycles. The van der Waals surface area contributed by atoms with E-state index in [0.717, 1.165) is 10.9 Å². The number of fused-ring (bicyclic) bond motifs is 1. The van der Waals surface area contributed by atoms with Gasteiger partial charge in [0, 0.05) is 11.9 Å². The molecule has 1 heterocycles. The molecule has 0 bridgehead atoms. The summed E-state index contributed by atoms with van der Waals surface area (Å²) in [7, 11) is 0. The molecular weight excluding hydrogens is 218 g/mol. The summed E-state index contributed by atoms with van der Waals surface area (Å²) in [6, 6.07) is 7.47. The van der Waals surface area contributed by atoms with Crippen molar-refractivity contribution < 1.29 is 9.90 Å². The molecule has 2 aromatic rings. The van der Waals surface area contributed by atoms with Crippen LogP contribution in [0.5, 0.6) is 0 Å². The standard InChI is InChI=1S/C12H15N3O2/c1-8(16)6-7-13-12(17)11-9-4-2-3-5-10(9)14-15-11/h2-5,8,16H,6-7H2,1H3,(H,13,17)(H,14,15). The molecule has 0 saturated carbocycles. The lowest BCUT2D eigenvalue weighted by atomic mass is 10.2. The van der Waals surface area contributed by atoms with Gasteiger partial charge in [-0.15, -0.1) is 0 Å². The fraction of sp³-hybridized carbons (Fsp3) is 0.333. The number of hydrogen-bond acceptors (Lipinski definition) is 3. The zero-order valence-corrected chi connectivity index (χ0v) is 9.60. The molecule has 5 heteroatoms. The van der Waals surface area contributed by atoms with Gasteiger partial charge in [0.2, 0.25) is 0 Å². The summed E-state index contributed by atoms with van der Waals surface area (Å²) in [4.78, 5) is 11.8. The quantitative estimate of drug-likeness (QED) is 0.739. The van der Waals surface area contributed by atoms with E-state index in [1.54, 1.807) is 6.92 Å². The van der Waals surface area contributed by atoms with Crippen molar-refractivity contribution in [3.8, 4) is 0 Å². The minimum Gasteiger partial charge on any atom is -0.393 e. The summed E-state index contributed by atoms with van der Waals surface area (Å²) >= 11 is 0. The fourth-order valence-electron chi connectivity index (χ4n) is 1.61. The lowest BCUT2D eigenvalue weighted by Gasteiger charge is -2.05. The predicted molar refractivity (Wildman–Crippen MR) is 64.7 cm³/mol. The molecule has 0 spiro atoms. The summed E-state index contributed by atoms with van der Waals surface area (Å²) in [6.45, 7) is 2.13. The van der Waals surface area contributed by atoms with Gasteiger partial charge in [0.1, 0.15) is 0 Å². The third-order valence-electron chi connectivity index (χ3n) is 2.53. The van der Waals surface area contributed by atoms with Crippen molar-refractivity contribution in [3.05, 3.63) is 30.0 Å². The van der Waals surface area contributed by atoms with E-state index in [1.807, 2.05) is 24.3 Å². The predicted octanol–water partition coefficient (Wildman–Crippen LogP) is 1.06. The number of carbonyl (C=O) groups is 1. The minimum atomic E-state index is -0.411. The first-order chi connectivity index (χ1) is 8.18. The number of para-hydroxylation sites is 1. The van der Waals surface area contributed by atoms with Crippen LogP contribution in [0, 0.1) is 0 Å². The lowest BCUT2D eigenvalue weighted by Crippen LogP contribution is -2.26. The Morgan fingerprint density at radius 3 is 3.06 bits per heavy atom. The van der Waals surface area contributed by atoms with Gasteiger partial charge in [0.25, 0.3) is 5.91 Å². The Morgan fingerprint density at radius 2 is 2.29 bits per heavy atom. The zero-order chi connectivity index (χ0) is 12.3. The highest BCUT2D eigenvalue weighted by Gasteiger charge is 2.12. The molecule has 0 aliphatic rings. The first kappa shape index (κ1) is 11.6. The second kappa shape index (κ2) is 4.97. The Balaban J connectivity index is 2.09. The van der Waals surface area contributed by atoms with Gasteiger partial charge in [-0.1, -0.05) is 18.2 Å². The number of nitrogens with zero attached hydrogens (tertiary/aromatic N) is 1. The van der Waals surface area contributed by atoms with Gasteiger partial charge in [0.15, 0.2) is 5.69 Å². The Labute approximate surface area is 98.8 Å². The third-order valence-corrected chi connectivity index (χ3v) is 2.53. The fourth-order valence-corrected chi connectivity index (χ4v) is 1.61. The van der Waals surface area contributed by atoms with Crippen LogP contribution in [-0.4, -0.2) is 33.9 Å². The number of hydrogen-bond donors (Lipinski definition) is 3. The molecule has 90 valence electrons. The smallest absolute Gasteiger partial charge is 0.272 e. The number of H-pyrrole nitrogens is 1. The van der Waals surface area contributed by atoms with Gasteiger partial charge in [-0.25, -0.2) is 0 Å². The summed E-state index contributed by atoms with van der Waals surface area (Å²) in [5.41, 5.74) is 1.24. The highest BCUT2D eigenvalue weighted by molar-refractivity contribution is 6.04. The largest absolute Gasteiger partial charge is 0.393 e. The third kappa shape index (κ3) is 2.62. The van der Waals surface area contributed by atoms with Crippen LogP contribution < -0.4 is 5.32 Å². The number of carbonyl (C=O) groups excluding carboxylic acids is 1. The van der Waals surface area contributed by atoms with Gasteiger partial charge < -0.3 is 10.4 Å². The molecule has 17 heavy (non-hydrogen) atoms. The van der Waals surface area contributed by atoms with Gasteiger partial charge >= 0.3 is 0 Å². The molecule has 0 fully saturated rings. The molecule has 1 aromatic heterocycles. The van der Waals surface area contributed by atoms with Crippen molar-refractivity contribution in [2.24, 2.45) is 0 Å². The summed E-state index contributed by atoms with van der Waals surface area (Å²) in [6.07, 6.45) is 0.125. The Morgan fingerprint density at radius 1 is 1.53 bits per heavy atom. The number of nitrogens with one attached hydrogen (secondary N) is 2. The van der Waals surface area contributed by atoms with E-state index < -0.39 is 6.10 Å². The van der Waals surface area contributed by atoms with Gasteiger partial charge in [-0.3, -0.25) is 9.89 Å². The number of amides is 1. The van der Waals surface area contributed by atoms with Crippen molar-refractivity contribution in [1.29, 1.82) is 0 Å². The van der Waals surface area contributed by atoms with Crippen molar-refractivity contribution in [2.75, 3.05) is 6.54 Å². The van der Waals surface area contributed by atoms with E-state index in [1.165, 1.54) is 0 Å². The molecule has 0 aliphatic heterocycles. The molecule has 1 unspecified atom stereocenters. The summed E-state index contributed by atoms with van der Waals surface area (Å²) in [5.74, 6) is -0.219. The summed E-state index contributed by atoms with van der Waals surface area (Å²) < 4.78 is 0. The van der Waals surface area contributed by atoms with Gasteiger partial charge in [-0.2, -0.15) is 5.10 Å². The number of benzene rings is 1. The highest BCUT2D eigenvalue weighted by Crippen LogP contribution is 2.14. The van der Waals surface area contributed by atoms with Crippen LogP contribution in [0.1, 0.15) is 23.8 Å². The van der Waals surface area contributed by atoms with Crippen LogP contribution in [0.2, 0.25) is 0 Å². The number of rotatable bonds is 4. The van der Waals surface area contributed by atoms with E-state index in [4.69, 9.17) is 5.11 Å². The van der Waals surface area contributed by atoms with Crippen molar-refractivity contribution in [3.63, 3.8) is 0 Å². The molecule has 0 aliphatic carbocycles. The molecular formula is C12H15N3O2. The summed E-state index contributed by atoms with van der Waals surface area (Å²) in [5, 5.41) is 19.4. The monoisotopic (exact) mass is 233 g/mol.